The molecule has 3 aromatic carbocycles. The van der Waals surface area contributed by atoms with Crippen molar-refractivity contribution in [1.29, 1.82) is 0 Å². The fourth-order valence-corrected chi connectivity index (χ4v) is 5.34. The molecule has 9 heteroatoms. The molecule has 5 rings (SSSR count). The van der Waals surface area contributed by atoms with Gasteiger partial charge >= 0.3 is 0 Å². The van der Waals surface area contributed by atoms with Gasteiger partial charge in [-0.15, -0.1) is 11.3 Å². The molecule has 2 heterocycles. The van der Waals surface area contributed by atoms with E-state index in [1.165, 1.54) is 11.3 Å². The highest BCUT2D eigenvalue weighted by molar-refractivity contribution is 7.15. The summed E-state index contributed by atoms with van der Waals surface area (Å²) in [6, 6.07) is 26.3. The molecule has 0 aliphatic carbocycles. The number of aromatic nitrogens is 2. The number of hydrogen-bond donors (Lipinski definition) is 2. The van der Waals surface area contributed by atoms with E-state index in [4.69, 9.17) is 21.1 Å². The van der Waals surface area contributed by atoms with Gasteiger partial charge in [0, 0.05) is 38.2 Å². The molecule has 2 N–H and O–H groups in total. The number of nitrogens with one attached hydrogen (secondary N) is 2. The number of nitrogens with zero attached hydrogens (tertiary/aromatic N) is 2. The summed E-state index contributed by atoms with van der Waals surface area (Å²) in [5.74, 6) is 0.731. The summed E-state index contributed by atoms with van der Waals surface area (Å²) in [6.45, 7) is 6.03. The third kappa shape index (κ3) is 7.28. The molecule has 2 amide bonds. The van der Waals surface area contributed by atoms with Gasteiger partial charge in [-0.05, 0) is 29.8 Å². The van der Waals surface area contributed by atoms with E-state index in [1.807, 2.05) is 87.5 Å². The minimum atomic E-state index is -0.203. The second kappa shape index (κ2) is 12.1. The average Bonchev–Trinajstić information content (AvgIpc) is 3.58. The van der Waals surface area contributed by atoms with Crippen LogP contribution in [0, 0.1) is 0 Å². The highest BCUT2D eigenvalue weighted by Gasteiger charge is 2.21. The number of benzene rings is 3. The van der Waals surface area contributed by atoms with Crippen LogP contribution in [-0.4, -0.2) is 22.0 Å². The Labute approximate surface area is 247 Å². The third-order valence-electron chi connectivity index (χ3n) is 6.28. The Balaban J connectivity index is 1.23. The predicted octanol–water partition coefficient (Wildman–Crippen LogP) is 7.78. The third-order valence-corrected chi connectivity index (χ3v) is 7.63. The van der Waals surface area contributed by atoms with Crippen molar-refractivity contribution in [3.05, 3.63) is 106 Å². The second-order valence-electron chi connectivity index (χ2n) is 10.6. The average molecular weight is 585 g/mol. The van der Waals surface area contributed by atoms with E-state index >= 15 is 0 Å². The first kappa shape index (κ1) is 28.3. The summed E-state index contributed by atoms with van der Waals surface area (Å²) < 4.78 is 5.32. The van der Waals surface area contributed by atoms with Crippen LogP contribution in [0.25, 0.3) is 21.8 Å². The normalized spacial score (nSPS) is 11.3. The molecule has 208 valence electrons. The van der Waals surface area contributed by atoms with E-state index in [2.05, 4.69) is 15.8 Å². The van der Waals surface area contributed by atoms with Crippen LogP contribution >= 0.6 is 22.9 Å². The summed E-state index contributed by atoms with van der Waals surface area (Å²) in [5, 5.41) is 11.1. The largest absolute Gasteiger partial charge is 0.359 e. The van der Waals surface area contributed by atoms with E-state index in [-0.39, 0.29) is 30.1 Å². The lowest BCUT2D eigenvalue weighted by molar-refractivity contribution is -0.116. The monoisotopic (exact) mass is 584 g/mol. The number of anilines is 2. The Morgan fingerprint density at radius 2 is 1.54 bits per heavy atom. The van der Waals surface area contributed by atoms with Crippen molar-refractivity contribution >= 4 is 46.3 Å². The van der Waals surface area contributed by atoms with Crippen molar-refractivity contribution < 1.29 is 14.1 Å². The summed E-state index contributed by atoms with van der Waals surface area (Å²) in [5.41, 5.74) is 3.95. The molecule has 0 aliphatic heterocycles. The molecule has 2 aromatic heterocycles. The van der Waals surface area contributed by atoms with Crippen molar-refractivity contribution in [2.75, 3.05) is 10.6 Å². The zero-order valence-electron chi connectivity index (χ0n) is 22.9. The molecular formula is C32H29ClN4O3S. The van der Waals surface area contributed by atoms with Gasteiger partial charge in [-0.25, -0.2) is 4.98 Å². The van der Waals surface area contributed by atoms with Crippen LogP contribution in [0.5, 0.6) is 0 Å². The Hall–Kier alpha value is -4.27. The van der Waals surface area contributed by atoms with Crippen molar-refractivity contribution in [1.82, 2.24) is 10.1 Å². The van der Waals surface area contributed by atoms with E-state index in [1.54, 1.807) is 18.2 Å². The van der Waals surface area contributed by atoms with Gasteiger partial charge < -0.3 is 15.2 Å². The fraction of sp³-hybridized carbons (Fsp3) is 0.188. The number of thiazole rings is 1. The molecule has 0 atom stereocenters. The van der Waals surface area contributed by atoms with Crippen LogP contribution in [0.2, 0.25) is 5.02 Å². The number of carbonyl (C=O) groups is 2. The zero-order valence-corrected chi connectivity index (χ0v) is 24.5. The van der Waals surface area contributed by atoms with Crippen molar-refractivity contribution in [2.45, 2.75) is 39.0 Å². The summed E-state index contributed by atoms with van der Waals surface area (Å²) in [6.07, 6.45) is 0.342. The molecule has 0 saturated carbocycles. The molecule has 0 spiro atoms. The number of hydrogen-bond acceptors (Lipinski definition) is 6. The summed E-state index contributed by atoms with van der Waals surface area (Å²) in [4.78, 5) is 31.3. The zero-order chi connectivity index (χ0) is 29.0. The van der Waals surface area contributed by atoms with Gasteiger partial charge in [0.15, 0.2) is 5.82 Å². The van der Waals surface area contributed by atoms with Crippen LogP contribution in [0.4, 0.5) is 11.5 Å². The van der Waals surface area contributed by atoms with Crippen LogP contribution < -0.4 is 10.6 Å². The fourth-order valence-electron chi connectivity index (χ4n) is 4.13. The number of rotatable bonds is 8. The van der Waals surface area contributed by atoms with Gasteiger partial charge in [0.2, 0.25) is 11.8 Å². The SMILES string of the molecule is CC(C)(C)c1cc(NC(=O)Cc2ccc(NC(=O)Cc3sc(-c4ccc(Cl)cc4)nc3-c3ccccc3)cc2)no1. The molecular weight excluding hydrogens is 556 g/mol. The Bertz CT molecular complexity index is 1650. The Morgan fingerprint density at radius 1 is 0.854 bits per heavy atom. The molecule has 0 unspecified atom stereocenters. The van der Waals surface area contributed by atoms with E-state index < -0.39 is 0 Å². The maximum absolute atomic E-state index is 13.1. The van der Waals surface area contributed by atoms with Crippen LogP contribution in [0.15, 0.2) is 89.5 Å². The lowest BCUT2D eigenvalue weighted by atomic mass is 9.93. The topological polar surface area (TPSA) is 97.1 Å². The minimum absolute atomic E-state index is 0.153. The van der Waals surface area contributed by atoms with Crippen molar-refractivity contribution in [3.8, 4) is 21.8 Å². The van der Waals surface area contributed by atoms with Crippen molar-refractivity contribution in [2.24, 2.45) is 0 Å². The first-order valence-electron chi connectivity index (χ1n) is 13.1. The van der Waals surface area contributed by atoms with E-state index in [0.717, 1.165) is 32.3 Å². The molecule has 0 fully saturated rings. The van der Waals surface area contributed by atoms with Crippen molar-refractivity contribution in [3.63, 3.8) is 0 Å². The van der Waals surface area contributed by atoms with Gasteiger partial charge in [-0.2, -0.15) is 0 Å². The van der Waals surface area contributed by atoms with Gasteiger partial charge in [0.1, 0.15) is 10.8 Å². The predicted molar refractivity (Wildman–Crippen MR) is 164 cm³/mol. The van der Waals surface area contributed by atoms with E-state index in [9.17, 15) is 9.59 Å². The second-order valence-corrected chi connectivity index (χ2v) is 12.2. The lowest BCUT2D eigenvalue weighted by Gasteiger charge is -2.12. The summed E-state index contributed by atoms with van der Waals surface area (Å²) >= 11 is 7.56. The molecule has 7 nitrogen and oxygen atoms in total. The Morgan fingerprint density at radius 3 is 2.20 bits per heavy atom. The number of halogens is 1. The molecule has 0 aliphatic rings. The quantitative estimate of drug-likeness (QED) is 0.194. The highest BCUT2D eigenvalue weighted by Crippen LogP contribution is 2.35. The van der Waals surface area contributed by atoms with Gasteiger partial charge in [-0.3, -0.25) is 9.59 Å². The first-order chi connectivity index (χ1) is 19.6. The minimum Gasteiger partial charge on any atom is -0.359 e. The smallest absolute Gasteiger partial charge is 0.230 e. The molecule has 0 saturated heterocycles. The molecule has 41 heavy (non-hydrogen) atoms. The molecule has 0 radical (unpaired) electrons. The van der Waals surface area contributed by atoms with Gasteiger partial charge in [0.25, 0.3) is 0 Å². The van der Waals surface area contributed by atoms with Crippen LogP contribution in [-0.2, 0) is 27.8 Å². The van der Waals surface area contributed by atoms with Gasteiger partial charge in [0.05, 0.1) is 18.5 Å². The maximum atomic E-state index is 13.1. The standard InChI is InChI=1S/C32H29ClN4O3S/c1-32(2,3)26-19-27(37-40-26)35-28(38)17-20-9-15-24(16-10-20)34-29(39)18-25-30(21-7-5-4-6-8-21)36-31(41-25)22-11-13-23(33)14-12-22/h4-16,19H,17-18H2,1-3H3,(H,34,39)(H,35,37,38). The highest BCUT2D eigenvalue weighted by atomic mass is 35.5. The Kier molecular flexibility index (Phi) is 8.33. The van der Waals surface area contributed by atoms with Crippen LogP contribution in [0.1, 0.15) is 37.0 Å². The number of carbonyl (C=O) groups excluding carboxylic acids is 2. The lowest BCUT2D eigenvalue weighted by Crippen LogP contribution is -2.15. The molecule has 5 aromatic rings. The van der Waals surface area contributed by atoms with Gasteiger partial charge in [-0.1, -0.05) is 92.1 Å². The number of amides is 2. The van der Waals surface area contributed by atoms with Crippen LogP contribution in [0.3, 0.4) is 0 Å². The summed E-state index contributed by atoms with van der Waals surface area (Å²) in [7, 11) is 0. The maximum Gasteiger partial charge on any atom is 0.230 e. The first-order valence-corrected chi connectivity index (χ1v) is 14.3. The van der Waals surface area contributed by atoms with E-state index in [0.29, 0.717) is 22.3 Å². The molecule has 0 bridgehead atoms.